The van der Waals surface area contributed by atoms with Gasteiger partial charge in [-0.2, -0.15) is 5.10 Å². The van der Waals surface area contributed by atoms with Gasteiger partial charge in [0.1, 0.15) is 17.7 Å². The van der Waals surface area contributed by atoms with Crippen molar-refractivity contribution >= 4 is 33.1 Å². The van der Waals surface area contributed by atoms with Crippen LogP contribution in [0, 0.1) is 13.8 Å². The molecule has 0 bridgehead atoms. The van der Waals surface area contributed by atoms with Gasteiger partial charge in [-0.3, -0.25) is 9.48 Å². The first-order chi connectivity index (χ1) is 13.0. The molecule has 0 aliphatic carbocycles. The lowest BCUT2D eigenvalue weighted by Gasteiger charge is -2.17. The third-order valence-corrected chi connectivity index (χ3v) is 5.82. The third kappa shape index (κ3) is 2.97. The van der Waals surface area contributed by atoms with E-state index in [9.17, 15) is 4.79 Å². The lowest BCUT2D eigenvalue weighted by atomic mass is 10.2. The average molecular weight is 383 g/mol. The summed E-state index contributed by atoms with van der Waals surface area (Å²) < 4.78 is 3.49. The van der Waals surface area contributed by atoms with Crippen LogP contribution in [-0.2, 0) is 6.54 Å². The SMILES string of the molecule is CCN(CC)C(=O)c1sc2ncn3nc(Cn4ccc(C)n4)nc3c2c1C. The van der Waals surface area contributed by atoms with Crippen LogP contribution >= 0.6 is 11.3 Å². The molecule has 8 nitrogen and oxygen atoms in total. The van der Waals surface area contributed by atoms with Gasteiger partial charge in [0.15, 0.2) is 11.5 Å². The van der Waals surface area contributed by atoms with Crippen LogP contribution < -0.4 is 0 Å². The van der Waals surface area contributed by atoms with E-state index >= 15 is 0 Å². The zero-order valence-corrected chi connectivity index (χ0v) is 16.6. The van der Waals surface area contributed by atoms with Crippen LogP contribution in [0.15, 0.2) is 18.6 Å². The number of carbonyl (C=O) groups is 1. The van der Waals surface area contributed by atoms with Crippen molar-refractivity contribution in [3.63, 3.8) is 0 Å². The molecule has 27 heavy (non-hydrogen) atoms. The highest BCUT2D eigenvalue weighted by molar-refractivity contribution is 7.20. The van der Waals surface area contributed by atoms with Crippen LogP contribution in [0.4, 0.5) is 0 Å². The van der Waals surface area contributed by atoms with E-state index < -0.39 is 0 Å². The quantitative estimate of drug-likeness (QED) is 0.529. The number of thiophene rings is 1. The number of nitrogens with zero attached hydrogens (tertiary/aromatic N) is 7. The Morgan fingerprint density at radius 2 is 2.00 bits per heavy atom. The normalized spacial score (nSPS) is 11.6. The molecule has 0 saturated heterocycles. The van der Waals surface area contributed by atoms with Gasteiger partial charge in [0, 0.05) is 19.3 Å². The smallest absolute Gasteiger partial charge is 0.264 e. The fourth-order valence-corrected chi connectivity index (χ4v) is 4.31. The minimum atomic E-state index is 0.0467. The molecule has 4 heterocycles. The first kappa shape index (κ1) is 17.6. The van der Waals surface area contributed by atoms with Crippen LogP contribution in [0.5, 0.6) is 0 Å². The van der Waals surface area contributed by atoms with Crippen LogP contribution in [0.1, 0.15) is 40.6 Å². The van der Waals surface area contributed by atoms with Gasteiger partial charge < -0.3 is 4.90 Å². The second kappa shape index (κ2) is 6.73. The Morgan fingerprint density at radius 1 is 1.22 bits per heavy atom. The van der Waals surface area contributed by atoms with Gasteiger partial charge in [-0.15, -0.1) is 16.4 Å². The molecule has 0 aliphatic heterocycles. The molecule has 140 valence electrons. The van der Waals surface area contributed by atoms with E-state index in [-0.39, 0.29) is 5.91 Å². The molecule has 0 fully saturated rings. The van der Waals surface area contributed by atoms with E-state index in [1.165, 1.54) is 11.3 Å². The van der Waals surface area contributed by atoms with Gasteiger partial charge >= 0.3 is 0 Å². The number of fused-ring (bicyclic) bond motifs is 3. The molecule has 9 heteroatoms. The summed E-state index contributed by atoms with van der Waals surface area (Å²) in [5, 5.41) is 9.80. The Bertz CT molecular complexity index is 1140. The van der Waals surface area contributed by atoms with E-state index in [1.54, 1.807) is 10.8 Å². The molecule has 0 radical (unpaired) electrons. The molecule has 0 N–H and O–H groups in total. The standard InChI is InChI=1S/C18H21N7OS/c1-5-23(6-2)18(26)15-12(4)14-16-20-13(9-24-8-7-11(3)21-24)22-25(16)10-19-17(14)27-15/h7-8,10H,5-6,9H2,1-4H3. The molecule has 0 unspecified atom stereocenters. The van der Waals surface area contributed by atoms with Gasteiger partial charge in [0.25, 0.3) is 5.91 Å². The first-order valence-electron chi connectivity index (χ1n) is 8.94. The second-order valence-electron chi connectivity index (χ2n) is 6.41. The molecular weight excluding hydrogens is 362 g/mol. The van der Waals surface area contributed by atoms with Crippen LogP contribution in [-0.4, -0.2) is 53.3 Å². The molecule has 1 amide bonds. The largest absolute Gasteiger partial charge is 0.338 e. The molecule has 4 aromatic rings. The summed E-state index contributed by atoms with van der Waals surface area (Å²) in [6, 6.07) is 1.95. The lowest BCUT2D eigenvalue weighted by molar-refractivity contribution is 0.0777. The third-order valence-electron chi connectivity index (χ3n) is 4.63. The lowest BCUT2D eigenvalue weighted by Crippen LogP contribution is -2.30. The van der Waals surface area contributed by atoms with Crippen molar-refractivity contribution in [3.05, 3.63) is 40.5 Å². The maximum absolute atomic E-state index is 12.8. The Hall–Kier alpha value is -2.81. The minimum Gasteiger partial charge on any atom is -0.338 e. The van der Waals surface area contributed by atoms with Gasteiger partial charge in [-0.05, 0) is 39.3 Å². The van der Waals surface area contributed by atoms with Gasteiger partial charge in [0.05, 0.1) is 16.0 Å². The number of aryl methyl sites for hydroxylation is 2. The van der Waals surface area contributed by atoms with E-state index in [1.807, 2.05) is 49.5 Å². The van der Waals surface area contributed by atoms with Crippen molar-refractivity contribution in [1.29, 1.82) is 0 Å². The zero-order valence-electron chi connectivity index (χ0n) is 15.8. The Morgan fingerprint density at radius 3 is 2.67 bits per heavy atom. The van der Waals surface area contributed by atoms with Crippen molar-refractivity contribution in [2.45, 2.75) is 34.2 Å². The van der Waals surface area contributed by atoms with E-state index in [4.69, 9.17) is 4.98 Å². The summed E-state index contributed by atoms with van der Waals surface area (Å²) in [5.41, 5.74) is 2.60. The highest BCUT2D eigenvalue weighted by Crippen LogP contribution is 2.32. The summed E-state index contributed by atoms with van der Waals surface area (Å²) in [6.07, 6.45) is 3.57. The molecule has 0 aromatic carbocycles. The van der Waals surface area contributed by atoms with Crippen LogP contribution in [0.2, 0.25) is 0 Å². The van der Waals surface area contributed by atoms with Crippen molar-refractivity contribution in [2.75, 3.05) is 13.1 Å². The summed E-state index contributed by atoms with van der Waals surface area (Å²) in [5.74, 6) is 0.708. The molecule has 4 aromatic heterocycles. The van der Waals surface area contributed by atoms with Crippen molar-refractivity contribution in [3.8, 4) is 0 Å². The Balaban J connectivity index is 1.79. The van der Waals surface area contributed by atoms with Gasteiger partial charge in [-0.1, -0.05) is 0 Å². The fraction of sp³-hybridized carbons (Fsp3) is 0.389. The number of aromatic nitrogens is 6. The summed E-state index contributed by atoms with van der Waals surface area (Å²) in [4.78, 5) is 25.4. The number of carbonyl (C=O) groups excluding carboxylic acids is 1. The van der Waals surface area contributed by atoms with E-state index in [0.717, 1.165) is 32.0 Å². The number of rotatable bonds is 5. The van der Waals surface area contributed by atoms with Crippen LogP contribution in [0.3, 0.4) is 0 Å². The molecule has 0 atom stereocenters. The van der Waals surface area contributed by atoms with Crippen molar-refractivity contribution in [2.24, 2.45) is 0 Å². The van der Waals surface area contributed by atoms with Crippen LogP contribution in [0.25, 0.3) is 15.9 Å². The number of hydrogen-bond acceptors (Lipinski definition) is 6. The first-order valence-corrected chi connectivity index (χ1v) is 9.76. The summed E-state index contributed by atoms with van der Waals surface area (Å²) >= 11 is 1.42. The topological polar surface area (TPSA) is 81.2 Å². The predicted octanol–water partition coefficient (Wildman–Crippen LogP) is 2.68. The Kier molecular flexibility index (Phi) is 4.39. The van der Waals surface area contributed by atoms with Gasteiger partial charge in [-0.25, -0.2) is 14.5 Å². The molecule has 0 spiro atoms. The second-order valence-corrected chi connectivity index (χ2v) is 7.41. The Labute approximate surface area is 160 Å². The van der Waals surface area contributed by atoms with E-state index in [0.29, 0.717) is 25.5 Å². The van der Waals surface area contributed by atoms with Crippen molar-refractivity contribution in [1.82, 2.24) is 34.3 Å². The molecule has 0 saturated carbocycles. The number of amides is 1. The average Bonchev–Trinajstić information content (AvgIpc) is 3.33. The van der Waals surface area contributed by atoms with E-state index in [2.05, 4.69) is 15.2 Å². The maximum Gasteiger partial charge on any atom is 0.264 e. The molecule has 4 rings (SSSR count). The highest BCUT2D eigenvalue weighted by Gasteiger charge is 2.22. The number of hydrogen-bond donors (Lipinski definition) is 0. The monoisotopic (exact) mass is 383 g/mol. The molecular formula is C18H21N7OS. The molecule has 0 aliphatic rings. The summed E-state index contributed by atoms with van der Waals surface area (Å²) in [6.45, 7) is 9.75. The predicted molar refractivity (Wildman–Crippen MR) is 104 cm³/mol. The maximum atomic E-state index is 12.8. The summed E-state index contributed by atoms with van der Waals surface area (Å²) in [7, 11) is 0. The van der Waals surface area contributed by atoms with Gasteiger partial charge in [0.2, 0.25) is 0 Å². The fourth-order valence-electron chi connectivity index (χ4n) is 3.20. The highest BCUT2D eigenvalue weighted by atomic mass is 32.1. The zero-order chi connectivity index (χ0) is 19.1. The minimum absolute atomic E-state index is 0.0467. The van der Waals surface area contributed by atoms with Crippen molar-refractivity contribution < 1.29 is 4.79 Å².